The standard InChI is InChI=1S/C13H16N4O2/c1-8-4-12(18)11(6-14-8)13(19)15-5-10-7-17(3)16-9(10)2/h4,6-7H,5H2,1-3H3,(H,14,18)(H,15,19). The van der Waals surface area contributed by atoms with Gasteiger partial charge in [-0.15, -0.1) is 0 Å². The van der Waals surface area contributed by atoms with Crippen LogP contribution >= 0.6 is 0 Å². The van der Waals surface area contributed by atoms with Crippen molar-refractivity contribution in [2.45, 2.75) is 20.4 Å². The summed E-state index contributed by atoms with van der Waals surface area (Å²) in [4.78, 5) is 26.4. The van der Waals surface area contributed by atoms with Crippen LogP contribution in [-0.4, -0.2) is 20.7 Å². The van der Waals surface area contributed by atoms with Crippen molar-refractivity contribution in [3.8, 4) is 0 Å². The first-order valence-electron chi connectivity index (χ1n) is 5.94. The Morgan fingerprint density at radius 1 is 1.47 bits per heavy atom. The summed E-state index contributed by atoms with van der Waals surface area (Å²) < 4.78 is 1.69. The molecule has 1 amide bonds. The molecule has 0 aliphatic heterocycles. The van der Waals surface area contributed by atoms with Crippen LogP contribution in [0.1, 0.15) is 27.3 Å². The van der Waals surface area contributed by atoms with E-state index in [2.05, 4.69) is 15.4 Å². The van der Waals surface area contributed by atoms with Gasteiger partial charge in [-0.05, 0) is 13.8 Å². The SMILES string of the molecule is Cc1cc(=O)c(C(=O)NCc2cn(C)nc2C)c[nH]1. The van der Waals surface area contributed by atoms with Crippen molar-refractivity contribution in [2.75, 3.05) is 0 Å². The summed E-state index contributed by atoms with van der Waals surface area (Å²) in [5.41, 5.74) is 2.36. The van der Waals surface area contributed by atoms with Gasteiger partial charge >= 0.3 is 0 Å². The second-order valence-corrected chi connectivity index (χ2v) is 4.49. The number of hydrogen-bond donors (Lipinski definition) is 2. The number of carbonyl (C=O) groups is 1. The largest absolute Gasteiger partial charge is 0.364 e. The number of carbonyl (C=O) groups excluding carboxylic acids is 1. The zero-order chi connectivity index (χ0) is 14.0. The molecule has 2 rings (SSSR count). The third-order valence-electron chi connectivity index (χ3n) is 2.86. The Hall–Kier alpha value is -2.37. The molecule has 0 saturated heterocycles. The Morgan fingerprint density at radius 3 is 2.79 bits per heavy atom. The second-order valence-electron chi connectivity index (χ2n) is 4.49. The molecule has 2 aromatic heterocycles. The maximum atomic E-state index is 11.9. The third kappa shape index (κ3) is 2.90. The van der Waals surface area contributed by atoms with Gasteiger partial charge in [0.15, 0.2) is 5.43 Å². The van der Waals surface area contributed by atoms with E-state index in [1.54, 1.807) is 11.6 Å². The van der Waals surface area contributed by atoms with E-state index in [0.29, 0.717) is 6.54 Å². The number of nitrogens with one attached hydrogen (secondary N) is 2. The molecule has 2 heterocycles. The topological polar surface area (TPSA) is 79.8 Å². The average molecular weight is 260 g/mol. The molecule has 0 saturated carbocycles. The molecule has 19 heavy (non-hydrogen) atoms. The highest BCUT2D eigenvalue weighted by molar-refractivity contribution is 5.93. The van der Waals surface area contributed by atoms with E-state index in [1.165, 1.54) is 12.3 Å². The number of H-pyrrole nitrogens is 1. The van der Waals surface area contributed by atoms with Crippen LogP contribution in [0.2, 0.25) is 0 Å². The predicted octanol–water partition coefficient (Wildman–Crippen LogP) is 0.655. The highest BCUT2D eigenvalue weighted by Gasteiger charge is 2.11. The van der Waals surface area contributed by atoms with E-state index >= 15 is 0 Å². The van der Waals surface area contributed by atoms with Crippen molar-refractivity contribution in [2.24, 2.45) is 7.05 Å². The van der Waals surface area contributed by atoms with Gasteiger partial charge in [-0.2, -0.15) is 5.10 Å². The van der Waals surface area contributed by atoms with Gasteiger partial charge in [0, 0.05) is 43.3 Å². The molecule has 2 N–H and O–H groups in total. The number of nitrogens with zero attached hydrogens (tertiary/aromatic N) is 2. The number of hydrogen-bond acceptors (Lipinski definition) is 3. The first kappa shape index (κ1) is 13.1. The number of pyridine rings is 1. The molecule has 6 nitrogen and oxygen atoms in total. The van der Waals surface area contributed by atoms with Crippen LogP contribution in [-0.2, 0) is 13.6 Å². The van der Waals surface area contributed by atoms with Crippen molar-refractivity contribution >= 4 is 5.91 Å². The van der Waals surface area contributed by atoms with Crippen LogP contribution in [0.3, 0.4) is 0 Å². The summed E-state index contributed by atoms with van der Waals surface area (Å²) in [6.07, 6.45) is 3.28. The highest BCUT2D eigenvalue weighted by Crippen LogP contribution is 2.04. The molecule has 0 aliphatic carbocycles. The predicted molar refractivity (Wildman–Crippen MR) is 70.9 cm³/mol. The molecule has 0 radical (unpaired) electrons. The van der Waals surface area contributed by atoms with Crippen molar-refractivity contribution in [1.29, 1.82) is 0 Å². The third-order valence-corrected chi connectivity index (χ3v) is 2.86. The second kappa shape index (κ2) is 5.09. The van der Waals surface area contributed by atoms with Gasteiger partial charge in [-0.3, -0.25) is 14.3 Å². The number of rotatable bonds is 3. The monoisotopic (exact) mass is 260 g/mol. The summed E-state index contributed by atoms with van der Waals surface area (Å²) in [6.45, 7) is 3.99. The molecule has 2 aromatic rings. The first-order valence-corrected chi connectivity index (χ1v) is 5.94. The van der Waals surface area contributed by atoms with Crippen molar-refractivity contribution in [3.63, 3.8) is 0 Å². The molecule has 0 aromatic carbocycles. The molecule has 6 heteroatoms. The molecule has 0 atom stereocenters. The maximum Gasteiger partial charge on any atom is 0.257 e. The van der Waals surface area contributed by atoms with Crippen molar-refractivity contribution in [1.82, 2.24) is 20.1 Å². The smallest absolute Gasteiger partial charge is 0.257 e. The van der Waals surface area contributed by atoms with Crippen molar-refractivity contribution < 1.29 is 4.79 Å². The van der Waals surface area contributed by atoms with Crippen LogP contribution in [0.15, 0.2) is 23.3 Å². The van der Waals surface area contributed by atoms with E-state index in [-0.39, 0.29) is 16.9 Å². The van der Waals surface area contributed by atoms with Crippen molar-refractivity contribution in [3.05, 3.63) is 51.2 Å². The number of aryl methyl sites for hydroxylation is 3. The Morgan fingerprint density at radius 2 is 2.21 bits per heavy atom. The molecule has 0 aliphatic rings. The van der Waals surface area contributed by atoms with Gasteiger partial charge in [0.25, 0.3) is 5.91 Å². The molecular weight excluding hydrogens is 244 g/mol. The van der Waals surface area contributed by atoms with Crippen LogP contribution in [0.4, 0.5) is 0 Å². The Balaban J connectivity index is 2.09. The quantitative estimate of drug-likeness (QED) is 0.850. The minimum Gasteiger partial charge on any atom is -0.364 e. The van der Waals surface area contributed by atoms with Gasteiger partial charge < -0.3 is 10.3 Å². The van der Waals surface area contributed by atoms with E-state index in [0.717, 1.165) is 17.0 Å². The minimum absolute atomic E-state index is 0.118. The molecule has 0 spiro atoms. The average Bonchev–Trinajstić information content (AvgIpc) is 2.65. The summed E-state index contributed by atoms with van der Waals surface area (Å²) in [5, 5.41) is 6.91. The van der Waals surface area contributed by atoms with Gasteiger partial charge in [-0.25, -0.2) is 0 Å². The van der Waals surface area contributed by atoms with E-state index in [1.807, 2.05) is 20.2 Å². The molecular formula is C13H16N4O2. The number of amides is 1. The number of aromatic amines is 1. The molecule has 0 unspecified atom stereocenters. The molecule has 100 valence electrons. The lowest BCUT2D eigenvalue weighted by Crippen LogP contribution is -2.28. The summed E-state index contributed by atoms with van der Waals surface area (Å²) in [6, 6.07) is 1.41. The highest BCUT2D eigenvalue weighted by atomic mass is 16.2. The fourth-order valence-corrected chi connectivity index (χ4v) is 1.84. The lowest BCUT2D eigenvalue weighted by Gasteiger charge is -2.04. The molecule has 0 bridgehead atoms. The van der Waals surface area contributed by atoms with Gasteiger partial charge in [0.05, 0.1) is 5.69 Å². The first-order chi connectivity index (χ1) is 8.97. The summed E-state index contributed by atoms with van der Waals surface area (Å²) >= 11 is 0. The summed E-state index contributed by atoms with van der Waals surface area (Å²) in [7, 11) is 1.82. The zero-order valence-corrected chi connectivity index (χ0v) is 11.2. The van der Waals surface area contributed by atoms with Crippen LogP contribution in [0, 0.1) is 13.8 Å². The van der Waals surface area contributed by atoms with Gasteiger partial charge in [-0.1, -0.05) is 0 Å². The zero-order valence-electron chi connectivity index (χ0n) is 11.2. The molecule has 0 fully saturated rings. The number of aromatic nitrogens is 3. The lowest BCUT2D eigenvalue weighted by molar-refractivity contribution is 0.0949. The van der Waals surface area contributed by atoms with Gasteiger partial charge in [0.1, 0.15) is 5.56 Å². The van der Waals surface area contributed by atoms with Crippen LogP contribution < -0.4 is 10.7 Å². The summed E-state index contributed by atoms with van der Waals surface area (Å²) in [5.74, 6) is -0.385. The van der Waals surface area contributed by atoms with Gasteiger partial charge in [0.2, 0.25) is 0 Å². The normalized spacial score (nSPS) is 10.5. The lowest BCUT2D eigenvalue weighted by atomic mass is 10.2. The van der Waals surface area contributed by atoms with Crippen LogP contribution in [0.25, 0.3) is 0 Å². The fourth-order valence-electron chi connectivity index (χ4n) is 1.84. The Labute approximate surface area is 110 Å². The minimum atomic E-state index is -0.385. The Kier molecular flexibility index (Phi) is 3.50. The van der Waals surface area contributed by atoms with E-state index in [4.69, 9.17) is 0 Å². The van der Waals surface area contributed by atoms with E-state index < -0.39 is 0 Å². The fraction of sp³-hybridized carbons (Fsp3) is 0.308. The maximum absolute atomic E-state index is 11.9. The Bertz CT molecular complexity index is 670. The van der Waals surface area contributed by atoms with Crippen LogP contribution in [0.5, 0.6) is 0 Å². The van der Waals surface area contributed by atoms with E-state index in [9.17, 15) is 9.59 Å².